The summed E-state index contributed by atoms with van der Waals surface area (Å²) in [5.41, 5.74) is 2.54. The number of hydrazine groups is 1. The van der Waals surface area contributed by atoms with Crippen LogP contribution in [-0.4, -0.2) is 4.37 Å². The molecule has 1 aromatic rings. The van der Waals surface area contributed by atoms with E-state index >= 15 is 0 Å². The van der Waals surface area contributed by atoms with Crippen LogP contribution in [0.25, 0.3) is 0 Å². The van der Waals surface area contributed by atoms with Crippen molar-refractivity contribution in [1.29, 1.82) is 0 Å². The van der Waals surface area contributed by atoms with E-state index in [4.69, 9.17) is 5.84 Å². The van der Waals surface area contributed by atoms with E-state index in [0.29, 0.717) is 6.54 Å². The molecule has 0 unspecified atom stereocenters. The lowest BCUT2D eigenvalue weighted by atomic mass is 10.5. The molecular formula is C4H7N3S. The molecule has 0 aliphatic rings. The summed E-state index contributed by atoms with van der Waals surface area (Å²) in [4.78, 5) is 1.16. The Balaban J connectivity index is 2.50. The summed E-state index contributed by atoms with van der Waals surface area (Å²) in [7, 11) is 0. The Labute approximate surface area is 51.7 Å². The average molecular weight is 129 g/mol. The summed E-state index contributed by atoms with van der Waals surface area (Å²) in [5.74, 6) is 5.05. The van der Waals surface area contributed by atoms with Crippen molar-refractivity contribution in [3.63, 3.8) is 0 Å². The third-order valence-corrected chi connectivity index (χ3v) is 1.51. The molecular weight excluding hydrogens is 122 g/mol. The van der Waals surface area contributed by atoms with Crippen LogP contribution in [0.4, 0.5) is 0 Å². The lowest BCUT2D eigenvalue weighted by Gasteiger charge is -1.88. The predicted octanol–water partition coefficient (Wildman–Crippen LogP) is 0.106. The molecule has 0 bridgehead atoms. The molecule has 0 aliphatic carbocycles. The summed E-state index contributed by atoms with van der Waals surface area (Å²) < 4.78 is 3.89. The van der Waals surface area contributed by atoms with Crippen molar-refractivity contribution >= 4 is 11.5 Å². The van der Waals surface area contributed by atoms with Gasteiger partial charge in [-0.05, 0) is 17.6 Å². The van der Waals surface area contributed by atoms with E-state index in [1.807, 2.05) is 6.07 Å². The molecule has 8 heavy (non-hydrogen) atoms. The van der Waals surface area contributed by atoms with Crippen LogP contribution in [0.2, 0.25) is 0 Å². The van der Waals surface area contributed by atoms with Crippen molar-refractivity contribution in [3.05, 3.63) is 17.1 Å². The summed E-state index contributed by atoms with van der Waals surface area (Å²) in [6, 6.07) is 1.94. The largest absolute Gasteiger partial charge is 0.271 e. The van der Waals surface area contributed by atoms with Crippen LogP contribution in [0.1, 0.15) is 4.88 Å². The Kier molecular flexibility index (Phi) is 1.96. The SMILES string of the molecule is NNCc1ccns1. The van der Waals surface area contributed by atoms with Gasteiger partial charge in [0.15, 0.2) is 0 Å². The van der Waals surface area contributed by atoms with Crippen molar-refractivity contribution in [3.8, 4) is 0 Å². The number of nitrogens with two attached hydrogens (primary N) is 1. The van der Waals surface area contributed by atoms with E-state index in [-0.39, 0.29) is 0 Å². The van der Waals surface area contributed by atoms with E-state index in [1.165, 1.54) is 11.5 Å². The Bertz CT molecular complexity index is 137. The van der Waals surface area contributed by atoms with Gasteiger partial charge in [-0.1, -0.05) is 0 Å². The molecule has 0 saturated carbocycles. The second-order valence-electron chi connectivity index (χ2n) is 1.36. The molecule has 44 valence electrons. The van der Waals surface area contributed by atoms with Gasteiger partial charge in [-0.25, -0.2) is 4.37 Å². The first-order valence-electron chi connectivity index (χ1n) is 2.26. The van der Waals surface area contributed by atoms with Gasteiger partial charge in [0.1, 0.15) is 0 Å². The molecule has 0 aliphatic heterocycles. The van der Waals surface area contributed by atoms with Gasteiger partial charge in [-0.2, -0.15) is 0 Å². The van der Waals surface area contributed by atoms with Gasteiger partial charge >= 0.3 is 0 Å². The van der Waals surface area contributed by atoms with Crippen LogP contribution in [0.5, 0.6) is 0 Å². The number of hydrogen-bond acceptors (Lipinski definition) is 4. The van der Waals surface area contributed by atoms with Gasteiger partial charge in [-0.15, -0.1) is 0 Å². The molecule has 1 aromatic heterocycles. The van der Waals surface area contributed by atoms with Crippen LogP contribution in [0.15, 0.2) is 12.3 Å². The Morgan fingerprint density at radius 2 is 2.75 bits per heavy atom. The van der Waals surface area contributed by atoms with Gasteiger partial charge in [-0.3, -0.25) is 11.3 Å². The van der Waals surface area contributed by atoms with E-state index in [0.717, 1.165) is 4.88 Å². The van der Waals surface area contributed by atoms with E-state index in [9.17, 15) is 0 Å². The highest BCUT2D eigenvalue weighted by atomic mass is 32.1. The fraction of sp³-hybridized carbons (Fsp3) is 0.250. The van der Waals surface area contributed by atoms with Crippen LogP contribution < -0.4 is 11.3 Å². The highest BCUT2D eigenvalue weighted by Gasteiger charge is 1.88. The number of nitrogens with one attached hydrogen (secondary N) is 1. The first-order valence-corrected chi connectivity index (χ1v) is 3.04. The third kappa shape index (κ3) is 1.26. The number of hydrogen-bond donors (Lipinski definition) is 2. The van der Waals surface area contributed by atoms with Crippen molar-refractivity contribution < 1.29 is 0 Å². The molecule has 0 spiro atoms. The fourth-order valence-corrected chi connectivity index (χ4v) is 0.961. The van der Waals surface area contributed by atoms with E-state index in [2.05, 4.69) is 9.80 Å². The molecule has 3 nitrogen and oxygen atoms in total. The zero-order valence-corrected chi connectivity index (χ0v) is 5.11. The molecule has 0 radical (unpaired) electrons. The summed E-state index contributed by atoms with van der Waals surface area (Å²) in [5, 5.41) is 0. The maximum atomic E-state index is 5.05. The first-order chi connectivity index (χ1) is 3.93. The van der Waals surface area contributed by atoms with Gasteiger partial charge in [0.05, 0.1) is 0 Å². The van der Waals surface area contributed by atoms with Gasteiger partial charge in [0.2, 0.25) is 0 Å². The van der Waals surface area contributed by atoms with E-state index in [1.54, 1.807) is 6.20 Å². The monoisotopic (exact) mass is 129 g/mol. The zero-order valence-electron chi connectivity index (χ0n) is 4.29. The molecule has 1 rings (SSSR count). The Hall–Kier alpha value is -0.450. The normalized spacial score (nSPS) is 9.62. The maximum absolute atomic E-state index is 5.05. The first kappa shape index (κ1) is 5.68. The summed E-state index contributed by atoms with van der Waals surface area (Å²) in [6.07, 6.45) is 1.76. The quantitative estimate of drug-likeness (QED) is 0.440. The average Bonchev–Trinajstić information content (AvgIpc) is 2.19. The molecule has 3 N–H and O–H groups in total. The number of rotatable bonds is 2. The minimum Gasteiger partial charge on any atom is -0.271 e. The summed E-state index contributed by atoms with van der Waals surface area (Å²) >= 11 is 1.45. The summed E-state index contributed by atoms with van der Waals surface area (Å²) in [6.45, 7) is 0.713. The zero-order chi connectivity index (χ0) is 5.82. The molecule has 0 amide bonds. The molecule has 1 heterocycles. The highest BCUT2D eigenvalue weighted by Crippen LogP contribution is 2.01. The standard InChI is InChI=1S/C4H7N3S/c5-6-3-4-1-2-7-8-4/h1-2,6H,3,5H2. The minimum absolute atomic E-state index is 0.713. The second kappa shape index (κ2) is 2.76. The number of aromatic nitrogens is 1. The van der Waals surface area contributed by atoms with Crippen LogP contribution in [0.3, 0.4) is 0 Å². The molecule has 0 saturated heterocycles. The van der Waals surface area contributed by atoms with E-state index < -0.39 is 0 Å². The van der Waals surface area contributed by atoms with Crippen molar-refractivity contribution in [2.24, 2.45) is 5.84 Å². The minimum atomic E-state index is 0.713. The van der Waals surface area contributed by atoms with Crippen molar-refractivity contribution in [1.82, 2.24) is 9.80 Å². The third-order valence-electron chi connectivity index (χ3n) is 0.768. The Morgan fingerprint density at radius 3 is 3.25 bits per heavy atom. The van der Waals surface area contributed by atoms with Crippen LogP contribution in [-0.2, 0) is 6.54 Å². The molecule has 4 heteroatoms. The second-order valence-corrected chi connectivity index (χ2v) is 2.28. The lowest BCUT2D eigenvalue weighted by molar-refractivity contribution is 0.751. The molecule has 0 atom stereocenters. The lowest BCUT2D eigenvalue weighted by Crippen LogP contribution is -2.19. The molecule has 0 aromatic carbocycles. The van der Waals surface area contributed by atoms with Gasteiger partial charge in [0, 0.05) is 17.6 Å². The van der Waals surface area contributed by atoms with Gasteiger partial charge in [0.25, 0.3) is 0 Å². The topological polar surface area (TPSA) is 50.9 Å². The maximum Gasteiger partial charge on any atom is 0.0458 e. The highest BCUT2D eigenvalue weighted by molar-refractivity contribution is 7.05. The van der Waals surface area contributed by atoms with Crippen molar-refractivity contribution in [2.45, 2.75) is 6.54 Å². The Morgan fingerprint density at radius 1 is 1.88 bits per heavy atom. The van der Waals surface area contributed by atoms with Crippen molar-refractivity contribution in [2.75, 3.05) is 0 Å². The van der Waals surface area contributed by atoms with Crippen LogP contribution in [0, 0.1) is 0 Å². The predicted molar refractivity (Wildman–Crippen MR) is 33.1 cm³/mol. The van der Waals surface area contributed by atoms with Gasteiger partial charge < -0.3 is 0 Å². The number of nitrogens with zero attached hydrogens (tertiary/aromatic N) is 1. The van der Waals surface area contributed by atoms with Crippen LogP contribution >= 0.6 is 11.5 Å². The smallest absolute Gasteiger partial charge is 0.0458 e. The fourth-order valence-electron chi connectivity index (χ4n) is 0.434. The molecule has 0 fully saturated rings.